The van der Waals surface area contributed by atoms with Crippen LogP contribution in [0.15, 0.2) is 40.6 Å². The van der Waals surface area contributed by atoms with Crippen LogP contribution in [0.4, 0.5) is 10.1 Å². The molecule has 1 aromatic heterocycles. The predicted molar refractivity (Wildman–Crippen MR) is 97.4 cm³/mol. The molecule has 26 heavy (non-hydrogen) atoms. The zero-order valence-corrected chi connectivity index (χ0v) is 15.8. The quantitative estimate of drug-likeness (QED) is 0.809. The summed E-state index contributed by atoms with van der Waals surface area (Å²) in [6.45, 7) is 2.06. The molecular formula is C17H19FN2O4S2. The Balaban J connectivity index is 1.64. The average Bonchev–Trinajstić information content (AvgIpc) is 3.12. The number of hydrogen-bond acceptors (Lipinski definition) is 5. The third kappa shape index (κ3) is 4.29. The Hall–Kier alpha value is -1.81. The van der Waals surface area contributed by atoms with E-state index in [0.29, 0.717) is 5.69 Å². The number of sulfonamides is 1. The van der Waals surface area contributed by atoms with E-state index in [-0.39, 0.29) is 35.6 Å². The molecule has 2 heterocycles. The third-order valence-electron chi connectivity index (χ3n) is 4.02. The maximum atomic E-state index is 13.1. The van der Waals surface area contributed by atoms with Gasteiger partial charge in [0.2, 0.25) is 10.0 Å². The molecule has 140 valence electrons. The van der Waals surface area contributed by atoms with Crippen LogP contribution in [-0.4, -0.2) is 40.1 Å². The largest absolute Gasteiger partial charge is 0.365 e. The van der Waals surface area contributed by atoms with Crippen LogP contribution in [0.5, 0.6) is 0 Å². The predicted octanol–water partition coefficient (Wildman–Crippen LogP) is 2.16. The number of nitrogens with zero attached hydrogens (tertiary/aromatic N) is 1. The van der Waals surface area contributed by atoms with E-state index in [1.807, 2.05) is 6.92 Å². The molecule has 1 N–H and O–H groups in total. The van der Waals surface area contributed by atoms with Crippen LogP contribution in [0, 0.1) is 5.82 Å². The van der Waals surface area contributed by atoms with E-state index >= 15 is 0 Å². The Morgan fingerprint density at radius 1 is 1.27 bits per heavy atom. The SMILES string of the molecule is CCc1ccc(S(=O)(=O)NCC2CN(c3ccc(F)cc3)C(=O)CO2)s1. The number of benzene rings is 1. The summed E-state index contributed by atoms with van der Waals surface area (Å²) in [5.41, 5.74) is 0.554. The second-order valence-electron chi connectivity index (χ2n) is 5.84. The van der Waals surface area contributed by atoms with E-state index in [0.717, 1.165) is 11.3 Å². The first-order valence-corrected chi connectivity index (χ1v) is 10.4. The molecule has 1 fully saturated rings. The molecule has 3 rings (SSSR count). The fourth-order valence-electron chi connectivity index (χ4n) is 2.59. The van der Waals surface area contributed by atoms with Crippen molar-refractivity contribution in [2.75, 3.05) is 24.6 Å². The first-order chi connectivity index (χ1) is 12.4. The first kappa shape index (κ1) is 19.0. The first-order valence-electron chi connectivity index (χ1n) is 8.15. The highest BCUT2D eigenvalue weighted by Gasteiger charge is 2.29. The molecule has 1 amide bonds. The van der Waals surface area contributed by atoms with E-state index in [9.17, 15) is 17.6 Å². The summed E-state index contributed by atoms with van der Waals surface area (Å²) >= 11 is 1.23. The van der Waals surface area contributed by atoms with Crippen molar-refractivity contribution in [1.82, 2.24) is 4.72 Å². The van der Waals surface area contributed by atoms with Crippen LogP contribution in [0.2, 0.25) is 0 Å². The molecule has 0 aliphatic carbocycles. The molecule has 1 unspecified atom stereocenters. The van der Waals surface area contributed by atoms with Crippen molar-refractivity contribution in [3.8, 4) is 0 Å². The molecule has 1 atom stereocenters. The Bertz CT molecular complexity index is 880. The number of nitrogens with one attached hydrogen (secondary N) is 1. The molecule has 0 bridgehead atoms. The summed E-state index contributed by atoms with van der Waals surface area (Å²) in [6.07, 6.45) is 0.291. The van der Waals surface area contributed by atoms with Gasteiger partial charge in [-0.05, 0) is 42.8 Å². The Labute approximate surface area is 155 Å². The number of carbonyl (C=O) groups excluding carboxylic acids is 1. The molecule has 6 nitrogen and oxygen atoms in total. The van der Waals surface area contributed by atoms with E-state index in [2.05, 4.69) is 4.72 Å². The number of morpholine rings is 1. The van der Waals surface area contributed by atoms with E-state index < -0.39 is 16.1 Å². The normalized spacial score (nSPS) is 18.3. The number of ether oxygens (including phenoxy) is 1. The number of halogens is 1. The second kappa shape index (κ2) is 7.83. The number of hydrogen-bond donors (Lipinski definition) is 1. The fraction of sp³-hybridized carbons (Fsp3) is 0.353. The molecule has 0 radical (unpaired) electrons. The molecule has 1 saturated heterocycles. The van der Waals surface area contributed by atoms with Gasteiger partial charge in [0.15, 0.2) is 0 Å². The van der Waals surface area contributed by atoms with Crippen LogP contribution in [0.25, 0.3) is 0 Å². The van der Waals surface area contributed by atoms with E-state index in [1.165, 1.54) is 40.5 Å². The molecular weight excluding hydrogens is 379 g/mol. The molecule has 2 aromatic rings. The minimum atomic E-state index is -3.61. The van der Waals surface area contributed by atoms with Gasteiger partial charge in [0.1, 0.15) is 16.6 Å². The third-order valence-corrected chi connectivity index (χ3v) is 7.16. The van der Waals surface area contributed by atoms with Crippen molar-refractivity contribution in [3.05, 3.63) is 47.1 Å². The number of rotatable bonds is 6. The molecule has 1 aliphatic heterocycles. The number of amides is 1. The number of thiophene rings is 1. The van der Waals surface area contributed by atoms with Crippen molar-refractivity contribution < 1.29 is 22.3 Å². The van der Waals surface area contributed by atoms with Crippen molar-refractivity contribution in [3.63, 3.8) is 0 Å². The molecule has 1 aromatic carbocycles. The van der Waals surface area contributed by atoms with Crippen LogP contribution >= 0.6 is 11.3 Å². The van der Waals surface area contributed by atoms with Crippen molar-refractivity contribution in [1.29, 1.82) is 0 Å². The summed E-state index contributed by atoms with van der Waals surface area (Å²) in [4.78, 5) is 14.5. The molecule has 9 heteroatoms. The standard InChI is InChI=1S/C17H19FN2O4S2/c1-2-15-7-8-17(25-15)26(22,23)19-9-14-10-20(16(21)11-24-14)13-5-3-12(18)4-6-13/h3-8,14,19H,2,9-11H2,1H3. The number of carbonyl (C=O) groups is 1. The highest BCUT2D eigenvalue weighted by atomic mass is 32.2. The van der Waals surface area contributed by atoms with Gasteiger partial charge in [-0.1, -0.05) is 6.92 Å². The van der Waals surface area contributed by atoms with Gasteiger partial charge in [-0.15, -0.1) is 11.3 Å². The van der Waals surface area contributed by atoms with Crippen LogP contribution in [0.1, 0.15) is 11.8 Å². The van der Waals surface area contributed by atoms with Gasteiger partial charge in [0.25, 0.3) is 5.91 Å². The Kier molecular flexibility index (Phi) is 5.71. The average molecular weight is 398 g/mol. The minimum Gasteiger partial charge on any atom is -0.365 e. The van der Waals surface area contributed by atoms with Gasteiger partial charge in [0, 0.05) is 17.1 Å². The lowest BCUT2D eigenvalue weighted by Gasteiger charge is -2.32. The summed E-state index contributed by atoms with van der Waals surface area (Å²) in [7, 11) is -3.61. The minimum absolute atomic E-state index is 0.0483. The van der Waals surface area contributed by atoms with Gasteiger partial charge in [-0.3, -0.25) is 4.79 Å². The van der Waals surface area contributed by atoms with Crippen LogP contribution in [0.3, 0.4) is 0 Å². The maximum Gasteiger partial charge on any atom is 0.253 e. The zero-order chi connectivity index (χ0) is 18.7. The smallest absolute Gasteiger partial charge is 0.253 e. The second-order valence-corrected chi connectivity index (χ2v) is 9.00. The molecule has 0 saturated carbocycles. The molecule has 0 spiro atoms. The summed E-state index contributed by atoms with van der Waals surface area (Å²) in [5.74, 6) is -0.636. The van der Waals surface area contributed by atoms with E-state index in [1.54, 1.807) is 12.1 Å². The summed E-state index contributed by atoms with van der Waals surface area (Å²) in [6, 6.07) is 8.96. The lowest BCUT2D eigenvalue weighted by molar-refractivity contribution is -0.129. The highest BCUT2D eigenvalue weighted by molar-refractivity contribution is 7.91. The van der Waals surface area contributed by atoms with Crippen LogP contribution in [-0.2, 0) is 26.0 Å². The molecule has 1 aliphatic rings. The van der Waals surface area contributed by atoms with Crippen molar-refractivity contribution >= 4 is 33.0 Å². The van der Waals surface area contributed by atoms with Gasteiger partial charge in [0.05, 0.1) is 12.6 Å². The number of aryl methyl sites for hydroxylation is 1. The maximum absolute atomic E-state index is 13.1. The summed E-state index contributed by atoms with van der Waals surface area (Å²) in [5, 5.41) is 0. The monoisotopic (exact) mass is 398 g/mol. The topological polar surface area (TPSA) is 75.7 Å². The Morgan fingerprint density at radius 2 is 2.00 bits per heavy atom. The van der Waals surface area contributed by atoms with Crippen molar-refractivity contribution in [2.45, 2.75) is 23.7 Å². The van der Waals surface area contributed by atoms with Gasteiger partial charge >= 0.3 is 0 Å². The van der Waals surface area contributed by atoms with E-state index in [4.69, 9.17) is 4.74 Å². The van der Waals surface area contributed by atoms with Crippen LogP contribution < -0.4 is 9.62 Å². The fourth-order valence-corrected chi connectivity index (χ4v) is 4.99. The Morgan fingerprint density at radius 3 is 2.65 bits per heavy atom. The summed E-state index contributed by atoms with van der Waals surface area (Å²) < 4.78 is 46.1. The lowest BCUT2D eigenvalue weighted by Crippen LogP contribution is -2.50. The van der Waals surface area contributed by atoms with Gasteiger partial charge < -0.3 is 9.64 Å². The number of anilines is 1. The zero-order valence-electron chi connectivity index (χ0n) is 14.1. The highest BCUT2D eigenvalue weighted by Crippen LogP contribution is 2.22. The van der Waals surface area contributed by atoms with Gasteiger partial charge in [-0.25, -0.2) is 17.5 Å². The lowest BCUT2D eigenvalue weighted by atomic mass is 10.2. The van der Waals surface area contributed by atoms with Crippen molar-refractivity contribution in [2.24, 2.45) is 0 Å². The van der Waals surface area contributed by atoms with Gasteiger partial charge in [-0.2, -0.15) is 0 Å².